The molecule has 3 aromatic rings. The average Bonchev–Trinajstić information content (AvgIpc) is 2.66. The number of aromatic nitrogens is 3. The molecule has 0 bridgehead atoms. The molecule has 0 amide bonds. The van der Waals surface area contributed by atoms with E-state index < -0.39 is 5.97 Å². The van der Waals surface area contributed by atoms with Crippen LogP contribution in [0.15, 0.2) is 55.1 Å². The van der Waals surface area contributed by atoms with E-state index in [1.54, 1.807) is 55.7 Å². The van der Waals surface area contributed by atoms with Gasteiger partial charge >= 0.3 is 5.97 Å². The lowest BCUT2D eigenvalue weighted by atomic mass is 10.2. The summed E-state index contributed by atoms with van der Waals surface area (Å²) in [5.41, 5.74) is 7.39. The predicted octanol–water partition coefficient (Wildman–Crippen LogP) is 3.17. The van der Waals surface area contributed by atoms with Crippen LogP contribution in [0.4, 0.5) is 17.2 Å². The fraction of sp³-hybridized carbons (Fsp3) is 0.111. The second-order valence-electron chi connectivity index (χ2n) is 5.16. The lowest BCUT2D eigenvalue weighted by molar-refractivity contribution is 0.0526. The van der Waals surface area contributed by atoms with E-state index in [-0.39, 0.29) is 11.6 Å². The van der Waals surface area contributed by atoms with Gasteiger partial charge in [0.1, 0.15) is 17.8 Å². The van der Waals surface area contributed by atoms with E-state index in [1.807, 2.05) is 0 Å². The Morgan fingerprint density at radius 3 is 2.88 bits per heavy atom. The second-order valence-corrected chi connectivity index (χ2v) is 5.16. The molecule has 132 valence electrons. The number of nitrogens with zero attached hydrogens (tertiary/aromatic N) is 3. The molecule has 8 heteroatoms. The molecule has 0 saturated carbocycles. The maximum Gasteiger partial charge on any atom is 0.338 e. The topological polar surface area (TPSA) is 112 Å². The van der Waals surface area contributed by atoms with Gasteiger partial charge in [-0.1, -0.05) is 6.07 Å². The molecule has 0 aliphatic heterocycles. The van der Waals surface area contributed by atoms with Crippen molar-refractivity contribution in [3.63, 3.8) is 0 Å². The molecule has 0 aliphatic rings. The van der Waals surface area contributed by atoms with Gasteiger partial charge in [-0.05, 0) is 37.3 Å². The van der Waals surface area contributed by atoms with Gasteiger partial charge < -0.3 is 20.5 Å². The quantitative estimate of drug-likeness (QED) is 0.651. The van der Waals surface area contributed by atoms with Crippen LogP contribution in [0.2, 0.25) is 0 Å². The number of rotatable bonds is 6. The summed E-state index contributed by atoms with van der Waals surface area (Å²) in [5.74, 6) is 0.678. The zero-order valence-electron chi connectivity index (χ0n) is 14.0. The van der Waals surface area contributed by atoms with E-state index in [2.05, 4.69) is 20.3 Å². The number of benzene rings is 1. The Kier molecular flexibility index (Phi) is 5.23. The maximum atomic E-state index is 11.8. The first-order chi connectivity index (χ1) is 12.7. The Balaban J connectivity index is 1.81. The number of hydrogen-bond donors (Lipinski definition) is 2. The molecule has 0 atom stereocenters. The third kappa shape index (κ3) is 4.04. The standard InChI is InChI=1S/C18H17N5O3/c1-2-25-18(24)12-5-3-6-13(9-12)23-16-15(19)17(22-11-21-16)26-14-7-4-8-20-10-14/h3-11H,2,19H2,1H3,(H,21,22,23). The summed E-state index contributed by atoms with van der Waals surface area (Å²) in [6, 6.07) is 10.3. The first-order valence-corrected chi connectivity index (χ1v) is 7.90. The van der Waals surface area contributed by atoms with Gasteiger partial charge in [-0.2, -0.15) is 4.98 Å². The molecule has 0 spiro atoms. The summed E-state index contributed by atoms with van der Waals surface area (Å²) in [4.78, 5) is 24.0. The maximum absolute atomic E-state index is 11.8. The highest BCUT2D eigenvalue weighted by atomic mass is 16.5. The summed E-state index contributed by atoms with van der Waals surface area (Å²) in [7, 11) is 0. The Morgan fingerprint density at radius 1 is 1.23 bits per heavy atom. The lowest BCUT2D eigenvalue weighted by Crippen LogP contribution is -2.06. The molecule has 0 fully saturated rings. The number of esters is 1. The molecular weight excluding hydrogens is 334 g/mol. The number of nitrogens with two attached hydrogens (primary N) is 1. The minimum Gasteiger partial charge on any atom is -0.462 e. The van der Waals surface area contributed by atoms with Gasteiger partial charge in [0.05, 0.1) is 18.4 Å². The van der Waals surface area contributed by atoms with Crippen molar-refractivity contribution in [2.45, 2.75) is 6.92 Å². The zero-order valence-corrected chi connectivity index (χ0v) is 14.0. The van der Waals surface area contributed by atoms with E-state index >= 15 is 0 Å². The van der Waals surface area contributed by atoms with Crippen LogP contribution in [0.1, 0.15) is 17.3 Å². The van der Waals surface area contributed by atoms with Crippen molar-refractivity contribution in [1.82, 2.24) is 15.0 Å². The third-order valence-electron chi connectivity index (χ3n) is 3.33. The number of nitrogen functional groups attached to an aromatic ring is 1. The number of pyridine rings is 1. The van der Waals surface area contributed by atoms with E-state index in [4.69, 9.17) is 15.2 Å². The SMILES string of the molecule is CCOC(=O)c1cccc(Nc2ncnc(Oc3cccnc3)c2N)c1. The van der Waals surface area contributed by atoms with Gasteiger partial charge in [0.25, 0.3) is 0 Å². The normalized spacial score (nSPS) is 10.2. The monoisotopic (exact) mass is 351 g/mol. The van der Waals surface area contributed by atoms with Gasteiger partial charge in [0.2, 0.25) is 5.88 Å². The van der Waals surface area contributed by atoms with E-state index in [0.29, 0.717) is 29.4 Å². The molecule has 2 heterocycles. The zero-order chi connectivity index (χ0) is 18.4. The molecule has 1 aromatic carbocycles. The van der Waals surface area contributed by atoms with Crippen molar-refractivity contribution in [3.05, 3.63) is 60.7 Å². The molecule has 0 saturated heterocycles. The highest BCUT2D eigenvalue weighted by Gasteiger charge is 2.12. The van der Waals surface area contributed by atoms with E-state index in [9.17, 15) is 4.79 Å². The molecule has 26 heavy (non-hydrogen) atoms. The van der Waals surface area contributed by atoms with Crippen LogP contribution in [0.3, 0.4) is 0 Å². The minimum absolute atomic E-state index is 0.206. The highest BCUT2D eigenvalue weighted by molar-refractivity contribution is 5.91. The van der Waals surface area contributed by atoms with Crippen molar-refractivity contribution in [2.24, 2.45) is 0 Å². The summed E-state index contributed by atoms with van der Waals surface area (Å²) >= 11 is 0. The average molecular weight is 351 g/mol. The van der Waals surface area contributed by atoms with Gasteiger partial charge in [-0.3, -0.25) is 4.98 Å². The van der Waals surface area contributed by atoms with Gasteiger partial charge in [-0.25, -0.2) is 9.78 Å². The molecular formula is C18H17N5O3. The number of ether oxygens (including phenoxy) is 2. The van der Waals surface area contributed by atoms with Crippen LogP contribution in [0.25, 0.3) is 0 Å². The van der Waals surface area contributed by atoms with Gasteiger partial charge in [-0.15, -0.1) is 0 Å². The number of carbonyl (C=O) groups is 1. The van der Waals surface area contributed by atoms with Crippen LogP contribution in [-0.2, 0) is 4.74 Å². The van der Waals surface area contributed by atoms with Gasteiger partial charge in [0, 0.05) is 11.9 Å². The number of anilines is 3. The Hall–Kier alpha value is -3.68. The highest BCUT2D eigenvalue weighted by Crippen LogP contribution is 2.30. The summed E-state index contributed by atoms with van der Waals surface area (Å²) in [5, 5.41) is 3.06. The van der Waals surface area contributed by atoms with Crippen LogP contribution in [-0.4, -0.2) is 27.5 Å². The van der Waals surface area contributed by atoms with Crippen molar-refractivity contribution in [2.75, 3.05) is 17.7 Å². The molecule has 3 N–H and O–H groups in total. The van der Waals surface area contributed by atoms with Crippen LogP contribution >= 0.6 is 0 Å². The Labute approximate surface area is 150 Å². The van der Waals surface area contributed by atoms with Crippen molar-refractivity contribution >= 4 is 23.2 Å². The van der Waals surface area contributed by atoms with Crippen molar-refractivity contribution in [1.29, 1.82) is 0 Å². The molecule has 0 radical (unpaired) electrons. The molecule has 0 aliphatic carbocycles. The van der Waals surface area contributed by atoms with Gasteiger partial charge in [0.15, 0.2) is 5.82 Å². The second kappa shape index (κ2) is 7.93. The fourth-order valence-corrected chi connectivity index (χ4v) is 2.15. The van der Waals surface area contributed by atoms with E-state index in [1.165, 1.54) is 6.33 Å². The van der Waals surface area contributed by atoms with Crippen LogP contribution in [0, 0.1) is 0 Å². The van der Waals surface area contributed by atoms with Crippen LogP contribution in [0.5, 0.6) is 11.6 Å². The summed E-state index contributed by atoms with van der Waals surface area (Å²) in [6.45, 7) is 2.07. The largest absolute Gasteiger partial charge is 0.462 e. The minimum atomic E-state index is -0.396. The number of hydrogen-bond acceptors (Lipinski definition) is 8. The Bertz CT molecular complexity index is 902. The lowest BCUT2D eigenvalue weighted by Gasteiger charge is -2.12. The summed E-state index contributed by atoms with van der Waals surface area (Å²) < 4.78 is 10.6. The molecule has 2 aromatic heterocycles. The molecule has 8 nitrogen and oxygen atoms in total. The fourth-order valence-electron chi connectivity index (χ4n) is 2.15. The van der Waals surface area contributed by atoms with Crippen LogP contribution < -0.4 is 15.8 Å². The number of nitrogens with one attached hydrogen (secondary N) is 1. The molecule has 0 unspecified atom stereocenters. The third-order valence-corrected chi connectivity index (χ3v) is 3.33. The summed E-state index contributed by atoms with van der Waals surface area (Å²) in [6.07, 6.45) is 4.52. The van der Waals surface area contributed by atoms with E-state index in [0.717, 1.165) is 0 Å². The Morgan fingerprint density at radius 2 is 2.12 bits per heavy atom. The molecule has 3 rings (SSSR count). The van der Waals surface area contributed by atoms with Crippen molar-refractivity contribution in [3.8, 4) is 11.6 Å². The smallest absolute Gasteiger partial charge is 0.338 e. The first kappa shape index (κ1) is 17.2. The van der Waals surface area contributed by atoms with Crippen molar-refractivity contribution < 1.29 is 14.3 Å². The predicted molar refractivity (Wildman–Crippen MR) is 96.4 cm³/mol. The number of carbonyl (C=O) groups excluding carboxylic acids is 1. The first-order valence-electron chi connectivity index (χ1n) is 7.90.